The number of aromatic nitrogens is 2. The van der Waals surface area contributed by atoms with Crippen LogP contribution in [-0.2, 0) is 36.8 Å². The Labute approximate surface area is 205 Å². The van der Waals surface area contributed by atoms with E-state index in [9.17, 15) is 34.2 Å². The lowest BCUT2D eigenvalue weighted by molar-refractivity contribution is -0.142. The minimum absolute atomic E-state index is 0.0117. The van der Waals surface area contributed by atoms with Crippen LogP contribution in [0, 0.1) is 0 Å². The predicted molar refractivity (Wildman–Crippen MR) is 125 cm³/mol. The maximum absolute atomic E-state index is 12.8. The number of primary amides is 1. The third kappa shape index (κ3) is 8.72. The minimum Gasteiger partial charge on any atom is -0.508 e. The Morgan fingerprint density at radius 1 is 0.972 bits per heavy atom. The summed E-state index contributed by atoms with van der Waals surface area (Å²) in [5, 5.41) is 25.9. The highest BCUT2D eigenvalue weighted by Gasteiger charge is 2.30. The normalized spacial score (nSPS) is 14.1. The number of phenols is 1. The average molecular weight is 504 g/mol. The number of H-pyrrole nitrogens is 1. The van der Waals surface area contributed by atoms with E-state index < -0.39 is 60.2 Å². The van der Waals surface area contributed by atoms with Crippen molar-refractivity contribution in [3.63, 3.8) is 0 Å². The van der Waals surface area contributed by atoms with Crippen molar-refractivity contribution in [2.75, 3.05) is 0 Å². The molecule has 194 valence electrons. The summed E-state index contributed by atoms with van der Waals surface area (Å²) >= 11 is 0. The number of phenolic OH excluding ortho intramolecular Hbond substituents is 1. The first-order valence-corrected chi connectivity index (χ1v) is 10.9. The topological polar surface area (TPSA) is 243 Å². The van der Waals surface area contributed by atoms with E-state index >= 15 is 0 Å². The van der Waals surface area contributed by atoms with Crippen LogP contribution >= 0.6 is 0 Å². The molecule has 1 aromatic heterocycles. The van der Waals surface area contributed by atoms with Gasteiger partial charge in [-0.2, -0.15) is 0 Å². The summed E-state index contributed by atoms with van der Waals surface area (Å²) in [5.41, 5.74) is 12.2. The van der Waals surface area contributed by atoms with E-state index in [0.717, 1.165) is 0 Å². The number of nitrogens with one attached hydrogen (secondary N) is 4. The Bertz CT molecular complexity index is 1070. The molecule has 14 nitrogen and oxygen atoms in total. The number of carboxylic acids is 1. The van der Waals surface area contributed by atoms with Gasteiger partial charge >= 0.3 is 5.97 Å². The lowest BCUT2D eigenvalue weighted by atomic mass is 10.0. The molecule has 1 aromatic carbocycles. The van der Waals surface area contributed by atoms with Crippen molar-refractivity contribution in [1.82, 2.24) is 25.9 Å². The van der Waals surface area contributed by atoms with Crippen molar-refractivity contribution in [3.8, 4) is 5.75 Å². The zero-order valence-electron chi connectivity index (χ0n) is 19.4. The third-order valence-electron chi connectivity index (χ3n) is 5.11. The molecule has 36 heavy (non-hydrogen) atoms. The molecule has 1 heterocycles. The molecular weight excluding hydrogens is 474 g/mol. The van der Waals surface area contributed by atoms with Crippen LogP contribution in [0.25, 0.3) is 0 Å². The van der Waals surface area contributed by atoms with Crippen molar-refractivity contribution in [1.29, 1.82) is 0 Å². The number of carbonyl (C=O) groups excluding carboxylic acids is 4. The molecule has 0 aliphatic rings. The summed E-state index contributed by atoms with van der Waals surface area (Å²) in [5.74, 6) is -4.69. The highest BCUT2D eigenvalue weighted by atomic mass is 16.4. The molecular formula is C22H29N7O7. The fraction of sp³-hybridized carbons (Fsp3) is 0.364. The molecule has 0 bridgehead atoms. The zero-order chi connectivity index (χ0) is 26.8. The number of aromatic hydroxyl groups is 1. The number of aliphatic carboxylic acids is 1. The molecule has 10 N–H and O–H groups in total. The van der Waals surface area contributed by atoms with Gasteiger partial charge in [0.15, 0.2) is 0 Å². The molecule has 0 aliphatic heterocycles. The molecule has 4 atom stereocenters. The number of rotatable bonds is 13. The van der Waals surface area contributed by atoms with Gasteiger partial charge in [0.05, 0.1) is 18.8 Å². The summed E-state index contributed by atoms with van der Waals surface area (Å²) in [7, 11) is 0. The molecule has 4 unspecified atom stereocenters. The number of aromatic amines is 1. The van der Waals surface area contributed by atoms with Gasteiger partial charge in [-0.05, 0) is 24.6 Å². The van der Waals surface area contributed by atoms with Crippen LogP contribution in [0.4, 0.5) is 0 Å². The van der Waals surface area contributed by atoms with Crippen LogP contribution < -0.4 is 27.4 Å². The SMILES string of the molecule is CC(NC(=O)C(N)Cc1cnc[nH]1)C(=O)NC(CC(N)=O)C(=O)NC(Cc1ccc(O)cc1)C(=O)O. The van der Waals surface area contributed by atoms with Gasteiger partial charge in [0, 0.05) is 24.7 Å². The number of carbonyl (C=O) groups is 5. The van der Waals surface area contributed by atoms with Gasteiger partial charge in [-0.25, -0.2) is 9.78 Å². The molecule has 0 radical (unpaired) electrons. The zero-order valence-corrected chi connectivity index (χ0v) is 19.4. The quantitative estimate of drug-likeness (QED) is 0.146. The van der Waals surface area contributed by atoms with Gasteiger partial charge in [0.1, 0.15) is 23.9 Å². The second-order valence-electron chi connectivity index (χ2n) is 8.12. The Kier molecular flexibility index (Phi) is 9.92. The third-order valence-corrected chi connectivity index (χ3v) is 5.11. The Hall–Kier alpha value is -4.46. The van der Waals surface area contributed by atoms with Crippen molar-refractivity contribution >= 4 is 29.6 Å². The van der Waals surface area contributed by atoms with E-state index in [1.54, 1.807) is 0 Å². The van der Waals surface area contributed by atoms with Gasteiger partial charge in [-0.1, -0.05) is 12.1 Å². The van der Waals surface area contributed by atoms with E-state index in [1.165, 1.54) is 43.7 Å². The van der Waals surface area contributed by atoms with Gasteiger partial charge in [-0.15, -0.1) is 0 Å². The van der Waals surface area contributed by atoms with Crippen molar-refractivity contribution in [3.05, 3.63) is 48.0 Å². The fourth-order valence-corrected chi connectivity index (χ4v) is 3.16. The van der Waals surface area contributed by atoms with E-state index in [4.69, 9.17) is 11.5 Å². The second-order valence-corrected chi connectivity index (χ2v) is 8.12. The number of nitrogens with zero attached hydrogens (tertiary/aromatic N) is 1. The van der Waals surface area contributed by atoms with Crippen LogP contribution in [0.3, 0.4) is 0 Å². The number of carboxylic acid groups (broad SMARTS) is 1. The van der Waals surface area contributed by atoms with Crippen LogP contribution in [-0.4, -0.2) is 73.9 Å². The smallest absolute Gasteiger partial charge is 0.326 e. The van der Waals surface area contributed by atoms with Gasteiger partial charge in [0.2, 0.25) is 23.6 Å². The van der Waals surface area contributed by atoms with E-state index in [1.807, 2.05) is 0 Å². The predicted octanol–water partition coefficient (Wildman–Crippen LogP) is -2.34. The molecule has 0 spiro atoms. The van der Waals surface area contributed by atoms with Crippen LogP contribution in [0.15, 0.2) is 36.8 Å². The summed E-state index contributed by atoms with van der Waals surface area (Å²) in [6.45, 7) is 1.35. The summed E-state index contributed by atoms with van der Waals surface area (Å²) in [6.07, 6.45) is 2.34. The number of imidazole rings is 1. The molecule has 14 heteroatoms. The standard InChI is InChI=1S/C22H29N7O7/c1-11(27-20(33)15(23)7-13-9-25-10-26-13)19(32)28-16(8-18(24)31)21(34)29-17(22(35)36)6-12-2-4-14(30)5-3-12/h2-5,9-11,15-17,30H,6-8,23H2,1H3,(H2,24,31)(H,25,26)(H,27,33)(H,28,32)(H,29,34)(H,35,36). The van der Waals surface area contributed by atoms with Crippen molar-refractivity contribution in [2.24, 2.45) is 11.5 Å². The largest absolute Gasteiger partial charge is 0.508 e. The summed E-state index contributed by atoms with van der Waals surface area (Å²) in [4.78, 5) is 67.4. The lowest BCUT2D eigenvalue weighted by Crippen LogP contribution is -2.57. The first kappa shape index (κ1) is 27.8. The first-order valence-electron chi connectivity index (χ1n) is 10.9. The second kappa shape index (κ2) is 12.9. The van der Waals surface area contributed by atoms with E-state index in [0.29, 0.717) is 11.3 Å². The minimum atomic E-state index is -1.49. The Morgan fingerprint density at radius 3 is 2.17 bits per heavy atom. The van der Waals surface area contributed by atoms with Gasteiger partial charge < -0.3 is 42.6 Å². The number of hydrogen-bond donors (Lipinski definition) is 8. The Balaban J connectivity index is 2.00. The number of benzene rings is 1. The number of amides is 4. The summed E-state index contributed by atoms with van der Waals surface area (Å²) < 4.78 is 0. The van der Waals surface area contributed by atoms with E-state index in [2.05, 4.69) is 25.9 Å². The van der Waals surface area contributed by atoms with Crippen LogP contribution in [0.1, 0.15) is 24.6 Å². The van der Waals surface area contributed by atoms with Crippen molar-refractivity contribution < 1.29 is 34.2 Å². The molecule has 2 aromatic rings. The molecule has 0 fully saturated rings. The van der Waals surface area contributed by atoms with E-state index in [-0.39, 0.29) is 18.6 Å². The molecule has 0 saturated heterocycles. The highest BCUT2D eigenvalue weighted by molar-refractivity contribution is 5.96. The molecule has 0 aliphatic carbocycles. The maximum Gasteiger partial charge on any atom is 0.326 e. The highest BCUT2D eigenvalue weighted by Crippen LogP contribution is 2.12. The summed E-state index contributed by atoms with van der Waals surface area (Å²) in [6, 6.07) is 0.693. The van der Waals surface area contributed by atoms with Crippen LogP contribution in [0.5, 0.6) is 5.75 Å². The maximum atomic E-state index is 12.8. The van der Waals surface area contributed by atoms with Crippen LogP contribution in [0.2, 0.25) is 0 Å². The fourth-order valence-electron chi connectivity index (χ4n) is 3.16. The van der Waals surface area contributed by atoms with Crippen molar-refractivity contribution in [2.45, 2.75) is 50.4 Å². The Morgan fingerprint density at radius 2 is 1.61 bits per heavy atom. The number of nitrogens with two attached hydrogens (primary N) is 2. The molecule has 4 amide bonds. The van der Waals surface area contributed by atoms with Gasteiger partial charge in [-0.3, -0.25) is 19.2 Å². The molecule has 0 saturated carbocycles. The monoisotopic (exact) mass is 503 g/mol. The first-order chi connectivity index (χ1) is 17.0. The average Bonchev–Trinajstić information content (AvgIpc) is 3.31. The molecule has 2 rings (SSSR count). The number of hydrogen-bond acceptors (Lipinski definition) is 8. The lowest BCUT2D eigenvalue weighted by Gasteiger charge is -2.23. The van der Waals surface area contributed by atoms with Gasteiger partial charge in [0.25, 0.3) is 0 Å².